The van der Waals surface area contributed by atoms with Crippen molar-refractivity contribution in [2.24, 2.45) is 0 Å². The molecule has 1 aliphatic rings. The number of nitrogens with zero attached hydrogens (tertiary/aromatic N) is 2. The molecule has 0 bridgehead atoms. The van der Waals surface area contributed by atoms with Gasteiger partial charge in [-0.1, -0.05) is 62.4 Å². The summed E-state index contributed by atoms with van der Waals surface area (Å²) < 4.78 is 0. The fourth-order valence-electron chi connectivity index (χ4n) is 3.65. The molecule has 0 saturated carbocycles. The van der Waals surface area contributed by atoms with Crippen LogP contribution in [0.4, 0.5) is 5.69 Å². The standard InChI is InChI=1S/C22H30N2/c1-22(2,20-10-5-3-6-11-20)14-9-15-23-16-18-24(19-17-23)21-12-7-4-8-13-21/h3-8,10-13H,9,14-19H2,1-2H3. The smallest absolute Gasteiger partial charge is 0.0367 e. The maximum atomic E-state index is 2.63. The Morgan fingerprint density at radius 3 is 2.00 bits per heavy atom. The first kappa shape index (κ1) is 17.0. The zero-order valence-electron chi connectivity index (χ0n) is 15.1. The van der Waals surface area contributed by atoms with E-state index in [-0.39, 0.29) is 5.41 Å². The van der Waals surface area contributed by atoms with Crippen LogP contribution in [-0.4, -0.2) is 37.6 Å². The molecule has 0 amide bonds. The molecule has 1 aliphatic heterocycles. The van der Waals surface area contributed by atoms with Crippen molar-refractivity contribution in [2.75, 3.05) is 37.6 Å². The molecule has 2 heteroatoms. The number of anilines is 1. The zero-order chi connectivity index (χ0) is 16.8. The van der Waals surface area contributed by atoms with Crippen molar-refractivity contribution in [3.8, 4) is 0 Å². The van der Waals surface area contributed by atoms with Crippen LogP contribution < -0.4 is 4.90 Å². The van der Waals surface area contributed by atoms with E-state index < -0.39 is 0 Å². The Morgan fingerprint density at radius 1 is 0.792 bits per heavy atom. The predicted molar refractivity (Wildman–Crippen MR) is 104 cm³/mol. The average molecular weight is 322 g/mol. The Bertz CT molecular complexity index is 598. The zero-order valence-corrected chi connectivity index (χ0v) is 15.1. The molecule has 0 spiro atoms. The van der Waals surface area contributed by atoms with Crippen molar-refractivity contribution < 1.29 is 0 Å². The van der Waals surface area contributed by atoms with Crippen molar-refractivity contribution in [1.29, 1.82) is 0 Å². The van der Waals surface area contributed by atoms with Crippen LogP contribution in [0.15, 0.2) is 60.7 Å². The summed E-state index contributed by atoms with van der Waals surface area (Å²) in [5.41, 5.74) is 3.09. The molecule has 0 N–H and O–H groups in total. The molecule has 0 aromatic heterocycles. The van der Waals surface area contributed by atoms with Crippen LogP contribution in [0.25, 0.3) is 0 Å². The first-order valence-corrected chi connectivity index (χ1v) is 9.23. The van der Waals surface area contributed by atoms with Gasteiger partial charge in [0.05, 0.1) is 0 Å². The Kier molecular flexibility index (Phi) is 5.57. The summed E-state index contributed by atoms with van der Waals surface area (Å²) >= 11 is 0. The van der Waals surface area contributed by atoms with Gasteiger partial charge in [0.2, 0.25) is 0 Å². The fraction of sp³-hybridized carbons (Fsp3) is 0.455. The summed E-state index contributed by atoms with van der Waals surface area (Å²) in [5, 5.41) is 0. The monoisotopic (exact) mass is 322 g/mol. The summed E-state index contributed by atoms with van der Waals surface area (Å²) in [6.45, 7) is 10.6. The van der Waals surface area contributed by atoms with Crippen molar-refractivity contribution in [2.45, 2.75) is 32.1 Å². The summed E-state index contributed by atoms with van der Waals surface area (Å²) in [4.78, 5) is 5.13. The molecule has 1 heterocycles. The highest BCUT2D eigenvalue weighted by molar-refractivity contribution is 5.46. The Balaban J connectivity index is 1.42. The highest BCUT2D eigenvalue weighted by atomic mass is 15.3. The van der Waals surface area contributed by atoms with Gasteiger partial charge in [-0.25, -0.2) is 0 Å². The van der Waals surface area contributed by atoms with Crippen molar-refractivity contribution in [1.82, 2.24) is 4.90 Å². The van der Waals surface area contributed by atoms with Crippen molar-refractivity contribution in [3.63, 3.8) is 0 Å². The van der Waals surface area contributed by atoms with Gasteiger partial charge in [0.15, 0.2) is 0 Å². The van der Waals surface area contributed by atoms with Crippen LogP contribution in [0.5, 0.6) is 0 Å². The van der Waals surface area contributed by atoms with Crippen molar-refractivity contribution in [3.05, 3.63) is 66.2 Å². The molecule has 2 aromatic carbocycles. The van der Waals surface area contributed by atoms with Crippen LogP contribution >= 0.6 is 0 Å². The average Bonchev–Trinajstić information content (AvgIpc) is 2.64. The summed E-state index contributed by atoms with van der Waals surface area (Å²) in [5.74, 6) is 0. The molecule has 1 fully saturated rings. The number of rotatable bonds is 6. The van der Waals surface area contributed by atoms with Crippen LogP contribution in [0, 0.1) is 0 Å². The largest absolute Gasteiger partial charge is 0.369 e. The molecule has 24 heavy (non-hydrogen) atoms. The highest BCUT2D eigenvalue weighted by Gasteiger charge is 2.21. The van der Waals surface area contributed by atoms with E-state index >= 15 is 0 Å². The van der Waals surface area contributed by atoms with Gasteiger partial charge < -0.3 is 4.90 Å². The molecule has 0 unspecified atom stereocenters. The number of hydrogen-bond acceptors (Lipinski definition) is 2. The second-order valence-electron chi connectivity index (χ2n) is 7.52. The van der Waals surface area contributed by atoms with Crippen LogP contribution in [0.3, 0.4) is 0 Å². The molecule has 2 aromatic rings. The summed E-state index contributed by atoms with van der Waals surface area (Å²) in [6, 6.07) is 21.7. The number of benzene rings is 2. The molecule has 1 saturated heterocycles. The van der Waals surface area contributed by atoms with Gasteiger partial charge in [0.1, 0.15) is 0 Å². The maximum Gasteiger partial charge on any atom is 0.0367 e. The minimum atomic E-state index is 0.271. The van der Waals surface area contributed by atoms with E-state index in [1.165, 1.54) is 43.7 Å². The predicted octanol–water partition coefficient (Wildman–Crippen LogP) is 4.57. The first-order chi connectivity index (χ1) is 11.6. The van der Waals surface area contributed by atoms with E-state index in [1.54, 1.807) is 0 Å². The van der Waals surface area contributed by atoms with Gasteiger partial charge in [0.25, 0.3) is 0 Å². The second-order valence-corrected chi connectivity index (χ2v) is 7.52. The topological polar surface area (TPSA) is 6.48 Å². The molecule has 0 atom stereocenters. The fourth-order valence-corrected chi connectivity index (χ4v) is 3.65. The summed E-state index contributed by atoms with van der Waals surface area (Å²) in [6.07, 6.45) is 2.52. The molecule has 0 radical (unpaired) electrons. The second kappa shape index (κ2) is 7.85. The lowest BCUT2D eigenvalue weighted by Gasteiger charge is -2.36. The third kappa shape index (κ3) is 4.39. The van der Waals surface area contributed by atoms with Gasteiger partial charge in [-0.2, -0.15) is 0 Å². The number of para-hydroxylation sites is 1. The summed E-state index contributed by atoms with van der Waals surface area (Å²) in [7, 11) is 0. The lowest BCUT2D eigenvalue weighted by Crippen LogP contribution is -2.46. The SMILES string of the molecule is CC(C)(CCCN1CCN(c2ccccc2)CC1)c1ccccc1. The maximum absolute atomic E-state index is 2.63. The molecule has 128 valence electrons. The Labute approximate surface area is 147 Å². The van der Waals surface area contributed by atoms with E-state index in [0.717, 1.165) is 13.1 Å². The Morgan fingerprint density at radius 2 is 1.38 bits per heavy atom. The quantitative estimate of drug-likeness (QED) is 0.769. The van der Waals surface area contributed by atoms with E-state index in [9.17, 15) is 0 Å². The number of piperazine rings is 1. The highest BCUT2D eigenvalue weighted by Crippen LogP contribution is 2.28. The van der Waals surface area contributed by atoms with Gasteiger partial charge in [-0.3, -0.25) is 4.90 Å². The lowest BCUT2D eigenvalue weighted by molar-refractivity contribution is 0.245. The van der Waals surface area contributed by atoms with Gasteiger partial charge >= 0.3 is 0 Å². The van der Waals surface area contributed by atoms with Gasteiger partial charge in [-0.15, -0.1) is 0 Å². The third-order valence-corrected chi connectivity index (χ3v) is 5.33. The Hall–Kier alpha value is -1.80. The van der Waals surface area contributed by atoms with E-state index in [2.05, 4.69) is 84.3 Å². The molecule has 3 rings (SSSR count). The van der Waals surface area contributed by atoms with Gasteiger partial charge in [-0.05, 0) is 42.5 Å². The van der Waals surface area contributed by atoms with E-state index in [1.807, 2.05) is 0 Å². The van der Waals surface area contributed by atoms with Crippen LogP contribution in [0.2, 0.25) is 0 Å². The molecule has 0 aliphatic carbocycles. The van der Waals surface area contributed by atoms with Crippen LogP contribution in [-0.2, 0) is 5.41 Å². The van der Waals surface area contributed by atoms with Crippen LogP contribution in [0.1, 0.15) is 32.3 Å². The number of hydrogen-bond donors (Lipinski definition) is 0. The minimum absolute atomic E-state index is 0.271. The lowest BCUT2D eigenvalue weighted by atomic mass is 9.80. The van der Waals surface area contributed by atoms with Gasteiger partial charge in [0, 0.05) is 31.9 Å². The molecule has 2 nitrogen and oxygen atoms in total. The third-order valence-electron chi connectivity index (χ3n) is 5.33. The minimum Gasteiger partial charge on any atom is -0.369 e. The molecular formula is C22H30N2. The van der Waals surface area contributed by atoms with E-state index in [4.69, 9.17) is 0 Å². The van der Waals surface area contributed by atoms with E-state index in [0.29, 0.717) is 0 Å². The van der Waals surface area contributed by atoms with Crippen molar-refractivity contribution >= 4 is 5.69 Å². The molecular weight excluding hydrogens is 292 g/mol. The normalized spacial score (nSPS) is 16.3. The first-order valence-electron chi connectivity index (χ1n) is 9.23.